The number of hydrogen-bond acceptors (Lipinski definition) is 21. The molecule has 23 nitrogen and oxygen atoms in total. The lowest BCUT2D eigenvalue weighted by Crippen LogP contribution is -2.68. The number of alkyl carbamates (subject to hydrolysis) is 1. The van der Waals surface area contributed by atoms with Crippen LogP contribution < -0.4 is 10.6 Å². The fourth-order valence-electron chi connectivity index (χ4n) is 10.2. The number of ether oxygens (including phenoxy) is 11. The number of amides is 2. The molecule has 0 aromatic carbocycles. The molecule has 2 rings (SSSR count). The van der Waals surface area contributed by atoms with E-state index in [9.17, 15) is 33.6 Å². The van der Waals surface area contributed by atoms with Gasteiger partial charge in [-0.05, 0) is 25.7 Å². The summed E-state index contributed by atoms with van der Waals surface area (Å²) < 4.78 is 95.9. The van der Waals surface area contributed by atoms with Crippen molar-refractivity contribution >= 4 is 72.5 Å². The molecular formula is C65H110Cl3N2O21P. The molecule has 27 heteroatoms. The molecule has 2 aliphatic heterocycles. The average Bonchev–Trinajstić information content (AvgIpc) is 0.797. The van der Waals surface area contributed by atoms with Gasteiger partial charge in [-0.25, -0.2) is 18.9 Å². The fraction of sp³-hybridized carbons (Fsp3) is 0.800. The van der Waals surface area contributed by atoms with Gasteiger partial charge in [0.05, 0.1) is 32.3 Å². The molecule has 0 aromatic rings. The summed E-state index contributed by atoms with van der Waals surface area (Å²) in [6.07, 6.45) is 13.0. The summed E-state index contributed by atoms with van der Waals surface area (Å²) in [5.41, 5.74) is 0. The topological polar surface area (TPSA) is 276 Å². The minimum Gasteiger partial charge on any atom is -0.460 e. The highest BCUT2D eigenvalue weighted by Gasteiger charge is 2.54. The first-order valence-electron chi connectivity index (χ1n) is 33.1. The predicted molar refractivity (Wildman–Crippen MR) is 352 cm³/mol. The number of Topliss-reactive ketones (excluding diaryl/α,β-unsaturated/α-hetero) is 1. The SMILES string of the molecule is C=CCOC(=O)CO[C@H]1O[C@H](CO[C@@H]2O[C@H](COC(=O)OCC=C)[C@@H](OP(=O)(OCC=C)OCC=C)[C@H](OCC[C@@H](CCCCCCC)OC)[C@H]2NC(=O)OCC(Cl)(Cl)Cl)[C@@H](O)[C@H](OCCCCCCCCCC)[C@H]1NC(=O)CC(=O)CCCCCCCCCCC. The van der Waals surface area contributed by atoms with Crippen LogP contribution in [0.2, 0.25) is 0 Å². The van der Waals surface area contributed by atoms with Crippen LogP contribution in [0.5, 0.6) is 0 Å². The van der Waals surface area contributed by atoms with Gasteiger partial charge in [-0.3, -0.25) is 23.2 Å². The molecule has 0 spiro atoms. The summed E-state index contributed by atoms with van der Waals surface area (Å²) in [7, 11) is -3.14. The first-order valence-corrected chi connectivity index (χ1v) is 35.7. The monoisotopic (exact) mass is 1390 g/mol. The normalized spacial score (nSPS) is 22.0. The Labute approximate surface area is 562 Å². The highest BCUT2D eigenvalue weighted by atomic mass is 35.6. The van der Waals surface area contributed by atoms with Crippen molar-refractivity contribution in [3.63, 3.8) is 0 Å². The van der Waals surface area contributed by atoms with Crippen LogP contribution in [0.25, 0.3) is 0 Å². The maximum Gasteiger partial charge on any atom is 0.508 e. The fourth-order valence-corrected chi connectivity index (χ4v) is 11.7. The lowest BCUT2D eigenvalue weighted by Gasteiger charge is -2.47. The van der Waals surface area contributed by atoms with Gasteiger partial charge < -0.3 is 67.8 Å². The Bertz CT molecular complexity index is 2100. The number of ketones is 1. The second-order valence-corrected chi connectivity index (χ2v) is 26.9. The number of carbonyl (C=O) groups is 5. The molecule has 0 aliphatic carbocycles. The average molecular weight is 1390 g/mol. The van der Waals surface area contributed by atoms with Crippen LogP contribution >= 0.6 is 42.6 Å². The van der Waals surface area contributed by atoms with Crippen molar-refractivity contribution in [1.29, 1.82) is 0 Å². The van der Waals surface area contributed by atoms with E-state index in [-0.39, 0.29) is 64.4 Å². The van der Waals surface area contributed by atoms with Crippen LogP contribution in [0, 0.1) is 0 Å². The standard InChI is InChI=1S/C65H110Cl3N2O21P/c1-9-16-19-22-24-26-27-30-32-35-49(71)44-53(72)69-55-59(80-42-34-31-28-25-23-20-17-10-2)57(74)51(89-61(55)84-47-54(73)79-38-12-4)45-83-62-56(70-63(75)86-48-65(66,67)68)60(81-43-37-50(78-8)36-33-29-21-18-11-3)58(52(90-62)46-85-64(76)82-39-13-5)91-92(77,87-40-14-6)88-41-15-7/h12-15,50-52,55-62,74H,4-7,9-11,16-48H2,1-3,8H3,(H,69,72)(H,70,75)/t50-,51-,52-,55-,56-,57-,58-,59-,60-,61+,62-/m1/s1. The minimum atomic E-state index is -4.71. The number of rotatable bonds is 56. The van der Waals surface area contributed by atoms with E-state index in [1.54, 1.807) is 7.11 Å². The van der Waals surface area contributed by atoms with Crippen molar-refractivity contribution in [2.45, 2.75) is 259 Å². The Balaban J connectivity index is 2.79. The van der Waals surface area contributed by atoms with Crippen LogP contribution in [0.3, 0.4) is 0 Å². The molecule has 2 amide bonds. The lowest BCUT2D eigenvalue weighted by molar-refractivity contribution is -0.307. The van der Waals surface area contributed by atoms with E-state index >= 15 is 0 Å². The van der Waals surface area contributed by atoms with Crippen molar-refractivity contribution in [2.24, 2.45) is 0 Å². The summed E-state index contributed by atoms with van der Waals surface area (Å²) in [5.74, 6) is -1.81. The third-order valence-corrected chi connectivity index (χ3v) is 16.8. The minimum absolute atomic E-state index is 0.104. The Morgan fingerprint density at radius 1 is 0.576 bits per heavy atom. The molecular weight excluding hydrogens is 1280 g/mol. The maximum absolute atomic E-state index is 14.6. The summed E-state index contributed by atoms with van der Waals surface area (Å²) in [6.45, 7) is 17.0. The second kappa shape index (κ2) is 52.0. The zero-order valence-corrected chi connectivity index (χ0v) is 58.3. The molecule has 2 heterocycles. The summed E-state index contributed by atoms with van der Waals surface area (Å²) in [6, 6.07) is -2.91. The second-order valence-electron chi connectivity index (χ2n) is 22.8. The van der Waals surface area contributed by atoms with Gasteiger partial charge in [-0.2, -0.15) is 0 Å². The smallest absolute Gasteiger partial charge is 0.460 e. The molecule has 2 saturated heterocycles. The number of phosphoric acid groups is 1. The van der Waals surface area contributed by atoms with Gasteiger partial charge in [0.15, 0.2) is 12.6 Å². The van der Waals surface area contributed by atoms with E-state index in [0.717, 1.165) is 103 Å². The Morgan fingerprint density at radius 2 is 1.10 bits per heavy atom. The molecule has 0 unspecified atom stereocenters. The van der Waals surface area contributed by atoms with Gasteiger partial charge in [0.2, 0.25) is 9.70 Å². The number of hydrogen-bond donors (Lipinski definition) is 3. The Hall–Kier alpha value is -3.23. The molecule has 0 bridgehead atoms. The first-order chi connectivity index (χ1) is 44.3. The number of halogens is 3. The van der Waals surface area contributed by atoms with E-state index in [4.69, 9.17) is 100 Å². The molecule has 3 N–H and O–H groups in total. The molecule has 0 aromatic heterocycles. The van der Waals surface area contributed by atoms with Crippen LogP contribution in [-0.4, -0.2) is 179 Å². The van der Waals surface area contributed by atoms with Crippen molar-refractivity contribution < 1.29 is 99.3 Å². The maximum atomic E-state index is 14.6. The number of alkyl halides is 3. The number of aliphatic hydroxyl groups excluding tert-OH is 1. The lowest BCUT2D eigenvalue weighted by atomic mass is 9.95. The van der Waals surface area contributed by atoms with Crippen LogP contribution in [0.15, 0.2) is 50.6 Å². The predicted octanol–water partition coefficient (Wildman–Crippen LogP) is 13.3. The number of esters is 1. The third kappa shape index (κ3) is 37.9. The number of carbonyl (C=O) groups excluding carboxylic acids is 5. The van der Waals surface area contributed by atoms with Gasteiger partial charge in [0, 0.05) is 26.7 Å². The Morgan fingerprint density at radius 3 is 1.67 bits per heavy atom. The van der Waals surface area contributed by atoms with Crippen LogP contribution in [-0.2, 0) is 84.6 Å². The van der Waals surface area contributed by atoms with E-state index in [1.807, 2.05) is 0 Å². The zero-order valence-electron chi connectivity index (χ0n) is 55.1. The Kier molecular flexibility index (Phi) is 47.9. The van der Waals surface area contributed by atoms with Crippen LogP contribution in [0.4, 0.5) is 9.59 Å². The van der Waals surface area contributed by atoms with E-state index in [0.29, 0.717) is 19.3 Å². The summed E-state index contributed by atoms with van der Waals surface area (Å²) in [4.78, 5) is 67.3. The third-order valence-electron chi connectivity index (χ3n) is 15.0. The number of phosphoric ester groups is 1. The molecule has 0 radical (unpaired) electrons. The number of methoxy groups -OCH3 is 1. The molecule has 2 aliphatic rings. The van der Waals surface area contributed by atoms with E-state index in [1.165, 1.54) is 50.0 Å². The van der Waals surface area contributed by atoms with Crippen LogP contribution in [0.1, 0.15) is 188 Å². The van der Waals surface area contributed by atoms with Gasteiger partial charge in [0.25, 0.3) is 0 Å². The quantitative estimate of drug-likeness (QED) is 0.00970. The molecule has 11 atom stereocenters. The number of aliphatic hydroxyl groups is 1. The van der Waals surface area contributed by atoms with Gasteiger partial charge in [0.1, 0.15) is 87.5 Å². The van der Waals surface area contributed by atoms with Crippen molar-refractivity contribution in [2.75, 3.05) is 73.2 Å². The van der Waals surface area contributed by atoms with Gasteiger partial charge in [-0.15, -0.1) is 13.2 Å². The van der Waals surface area contributed by atoms with Crippen molar-refractivity contribution in [1.82, 2.24) is 10.6 Å². The molecule has 2 fully saturated rings. The largest absolute Gasteiger partial charge is 0.508 e. The molecule has 92 heavy (non-hydrogen) atoms. The first kappa shape index (κ1) is 84.9. The summed E-state index contributed by atoms with van der Waals surface area (Å²) >= 11 is 18.1. The highest BCUT2D eigenvalue weighted by molar-refractivity contribution is 7.48. The molecule has 0 saturated carbocycles. The van der Waals surface area contributed by atoms with E-state index in [2.05, 4.69) is 57.7 Å². The van der Waals surface area contributed by atoms with Crippen molar-refractivity contribution in [3.05, 3.63) is 50.6 Å². The number of nitrogens with one attached hydrogen (secondary N) is 2. The summed E-state index contributed by atoms with van der Waals surface area (Å²) in [5, 5.41) is 18.0. The van der Waals surface area contributed by atoms with E-state index < -0.39 is 130 Å². The van der Waals surface area contributed by atoms with Gasteiger partial charge in [-0.1, -0.05) is 221 Å². The zero-order chi connectivity index (χ0) is 67.8. The van der Waals surface area contributed by atoms with Crippen molar-refractivity contribution in [3.8, 4) is 0 Å². The molecule has 532 valence electrons. The number of unbranched alkanes of at least 4 members (excludes halogenated alkanes) is 19. The van der Waals surface area contributed by atoms with Gasteiger partial charge >= 0.3 is 26.0 Å². The highest BCUT2D eigenvalue weighted by Crippen LogP contribution is 2.52.